The van der Waals surface area contributed by atoms with E-state index in [1.54, 1.807) is 24.3 Å². The van der Waals surface area contributed by atoms with Gasteiger partial charge in [0.1, 0.15) is 11.6 Å². The quantitative estimate of drug-likeness (QED) is 0.426. The summed E-state index contributed by atoms with van der Waals surface area (Å²) in [6.07, 6.45) is 0.342. The summed E-state index contributed by atoms with van der Waals surface area (Å²) in [5, 5.41) is 12.2. The van der Waals surface area contributed by atoms with E-state index in [9.17, 15) is 14.9 Å². The molecule has 0 aliphatic heterocycles. The molecule has 0 radical (unpaired) electrons. The summed E-state index contributed by atoms with van der Waals surface area (Å²) >= 11 is 6.00. The van der Waals surface area contributed by atoms with Gasteiger partial charge in [-0.15, -0.1) is 0 Å². The van der Waals surface area contributed by atoms with Crippen LogP contribution >= 0.6 is 11.6 Å². The zero-order chi connectivity index (χ0) is 20.7. The first kappa shape index (κ1) is 21.2. The van der Waals surface area contributed by atoms with Crippen LogP contribution < -0.4 is 5.32 Å². The highest BCUT2D eigenvalue weighted by atomic mass is 35.5. The average molecular weight is 397 g/mol. The van der Waals surface area contributed by atoms with Gasteiger partial charge in [-0.05, 0) is 42.2 Å². The van der Waals surface area contributed by atoms with Crippen LogP contribution in [0.3, 0.4) is 0 Å². The normalized spacial score (nSPS) is 12.2. The van der Waals surface area contributed by atoms with Crippen molar-refractivity contribution in [3.05, 3.63) is 70.3 Å². The maximum Gasteiger partial charge on any atom is 0.349 e. The predicted molar refractivity (Wildman–Crippen MR) is 110 cm³/mol. The molecule has 0 aliphatic carbocycles. The van der Waals surface area contributed by atoms with E-state index in [4.69, 9.17) is 16.3 Å². The molecule has 0 heterocycles. The molecule has 1 atom stereocenters. The zero-order valence-corrected chi connectivity index (χ0v) is 16.7. The SMILES string of the molecule is CC(C)c1ccc(/C=C(\C#N)C(=O)O[C@@H](C)C(=O)Nc2ccccc2Cl)cc1. The van der Waals surface area contributed by atoms with Crippen LogP contribution in [0.2, 0.25) is 5.02 Å². The molecule has 144 valence electrons. The molecule has 1 N–H and O–H groups in total. The highest BCUT2D eigenvalue weighted by Crippen LogP contribution is 2.21. The number of nitriles is 1. The second-order valence-corrected chi connectivity index (χ2v) is 6.92. The van der Waals surface area contributed by atoms with E-state index in [0.717, 1.165) is 5.56 Å². The first-order chi connectivity index (χ1) is 13.3. The summed E-state index contributed by atoms with van der Waals surface area (Å²) in [6, 6.07) is 16.1. The summed E-state index contributed by atoms with van der Waals surface area (Å²) in [7, 11) is 0. The molecule has 0 saturated heterocycles. The molecule has 0 spiro atoms. The van der Waals surface area contributed by atoms with Gasteiger partial charge in [0.25, 0.3) is 5.91 Å². The Bertz CT molecular complexity index is 928. The first-order valence-corrected chi connectivity index (χ1v) is 9.17. The van der Waals surface area contributed by atoms with Crippen molar-refractivity contribution in [1.82, 2.24) is 0 Å². The van der Waals surface area contributed by atoms with E-state index >= 15 is 0 Å². The number of rotatable bonds is 6. The van der Waals surface area contributed by atoms with Gasteiger partial charge in [-0.25, -0.2) is 4.79 Å². The molecule has 1 amide bonds. The molecule has 28 heavy (non-hydrogen) atoms. The second kappa shape index (κ2) is 9.72. The number of halogens is 1. The lowest BCUT2D eigenvalue weighted by Crippen LogP contribution is -2.30. The predicted octanol–water partition coefficient (Wildman–Crippen LogP) is 4.94. The summed E-state index contributed by atoms with van der Waals surface area (Å²) in [5.74, 6) is -1.02. The minimum absolute atomic E-state index is 0.185. The lowest BCUT2D eigenvalue weighted by atomic mass is 10.0. The van der Waals surface area contributed by atoms with Crippen LogP contribution in [-0.4, -0.2) is 18.0 Å². The number of ether oxygens (including phenoxy) is 1. The summed E-state index contributed by atoms with van der Waals surface area (Å²) in [6.45, 7) is 5.59. The summed E-state index contributed by atoms with van der Waals surface area (Å²) < 4.78 is 5.13. The first-order valence-electron chi connectivity index (χ1n) is 8.80. The molecule has 2 aromatic carbocycles. The number of nitrogens with one attached hydrogen (secondary N) is 1. The maximum atomic E-state index is 12.3. The van der Waals surface area contributed by atoms with Crippen molar-refractivity contribution in [2.75, 3.05) is 5.32 Å². The van der Waals surface area contributed by atoms with Crippen LogP contribution in [0.4, 0.5) is 5.69 Å². The molecular formula is C22H21ClN2O3. The number of benzene rings is 2. The van der Waals surface area contributed by atoms with Crippen LogP contribution in [0.1, 0.15) is 37.8 Å². The number of hydrogen-bond acceptors (Lipinski definition) is 4. The molecule has 5 nitrogen and oxygen atoms in total. The summed E-state index contributed by atoms with van der Waals surface area (Å²) in [4.78, 5) is 24.5. The third-order valence-corrected chi connectivity index (χ3v) is 4.37. The molecule has 0 aliphatic rings. The van der Waals surface area contributed by atoms with E-state index in [0.29, 0.717) is 22.2 Å². The van der Waals surface area contributed by atoms with Gasteiger partial charge in [-0.2, -0.15) is 5.26 Å². The van der Waals surface area contributed by atoms with Gasteiger partial charge in [-0.1, -0.05) is 61.8 Å². The minimum Gasteiger partial charge on any atom is -0.448 e. The van der Waals surface area contributed by atoms with E-state index in [1.807, 2.05) is 30.3 Å². The lowest BCUT2D eigenvalue weighted by molar-refractivity contribution is -0.148. The van der Waals surface area contributed by atoms with Crippen molar-refractivity contribution < 1.29 is 14.3 Å². The van der Waals surface area contributed by atoms with Crippen molar-refractivity contribution in [2.24, 2.45) is 0 Å². The van der Waals surface area contributed by atoms with E-state index in [1.165, 1.54) is 13.0 Å². The fourth-order valence-electron chi connectivity index (χ4n) is 2.36. The zero-order valence-electron chi connectivity index (χ0n) is 15.9. The molecule has 0 unspecified atom stereocenters. The number of carbonyl (C=O) groups excluding carboxylic acids is 2. The Labute approximate surface area is 169 Å². The number of esters is 1. The molecule has 0 bridgehead atoms. The Hall–Kier alpha value is -3.10. The van der Waals surface area contributed by atoms with Crippen LogP contribution in [0.5, 0.6) is 0 Å². The molecule has 2 aromatic rings. The Balaban J connectivity index is 2.05. The minimum atomic E-state index is -1.09. The van der Waals surface area contributed by atoms with Gasteiger partial charge in [-0.3, -0.25) is 4.79 Å². The molecule has 0 saturated carbocycles. The van der Waals surface area contributed by atoms with Gasteiger partial charge in [0, 0.05) is 0 Å². The van der Waals surface area contributed by atoms with E-state index in [-0.39, 0.29) is 5.57 Å². The Morgan fingerprint density at radius 3 is 2.32 bits per heavy atom. The average Bonchev–Trinajstić information content (AvgIpc) is 2.67. The molecule has 2 rings (SSSR count). The van der Waals surface area contributed by atoms with Crippen LogP contribution in [0, 0.1) is 11.3 Å². The third kappa shape index (κ3) is 5.70. The van der Waals surface area contributed by atoms with Crippen LogP contribution in [0.15, 0.2) is 54.1 Å². The number of carbonyl (C=O) groups is 2. The topological polar surface area (TPSA) is 79.2 Å². The lowest BCUT2D eigenvalue weighted by Gasteiger charge is -2.14. The highest BCUT2D eigenvalue weighted by Gasteiger charge is 2.21. The van der Waals surface area contributed by atoms with E-state index < -0.39 is 18.0 Å². The van der Waals surface area contributed by atoms with Gasteiger partial charge in [0.05, 0.1) is 10.7 Å². The van der Waals surface area contributed by atoms with Crippen molar-refractivity contribution >= 4 is 35.2 Å². The molecule has 0 fully saturated rings. The monoisotopic (exact) mass is 396 g/mol. The Morgan fingerprint density at radius 1 is 1.11 bits per heavy atom. The Kier molecular flexibility index (Phi) is 7.36. The standard InChI is InChI=1S/C22H21ClN2O3/c1-14(2)17-10-8-16(9-11-17)12-18(13-24)22(27)28-15(3)21(26)25-20-7-5-4-6-19(20)23/h4-12,14-15H,1-3H3,(H,25,26)/b18-12+/t15-/m0/s1. The second-order valence-electron chi connectivity index (χ2n) is 6.51. The van der Waals surface area contributed by atoms with Gasteiger partial charge < -0.3 is 10.1 Å². The molecule has 0 aromatic heterocycles. The largest absolute Gasteiger partial charge is 0.448 e. The Morgan fingerprint density at radius 2 is 1.75 bits per heavy atom. The van der Waals surface area contributed by atoms with Crippen molar-refractivity contribution in [3.8, 4) is 6.07 Å². The van der Waals surface area contributed by atoms with Gasteiger partial charge >= 0.3 is 5.97 Å². The molecular weight excluding hydrogens is 376 g/mol. The van der Waals surface area contributed by atoms with E-state index in [2.05, 4.69) is 19.2 Å². The van der Waals surface area contributed by atoms with Crippen molar-refractivity contribution in [3.63, 3.8) is 0 Å². The summed E-state index contributed by atoms with van der Waals surface area (Å²) in [5.41, 5.74) is 2.09. The molecule has 6 heteroatoms. The third-order valence-electron chi connectivity index (χ3n) is 4.04. The number of hydrogen-bond donors (Lipinski definition) is 1. The van der Waals surface area contributed by atoms with Gasteiger partial charge in [0.15, 0.2) is 6.10 Å². The van der Waals surface area contributed by atoms with Crippen LogP contribution in [0.25, 0.3) is 6.08 Å². The van der Waals surface area contributed by atoms with Gasteiger partial charge in [0.2, 0.25) is 0 Å². The number of anilines is 1. The van der Waals surface area contributed by atoms with Crippen LogP contribution in [-0.2, 0) is 14.3 Å². The number of amides is 1. The van der Waals surface area contributed by atoms with Crippen molar-refractivity contribution in [1.29, 1.82) is 5.26 Å². The maximum absolute atomic E-state index is 12.3. The smallest absolute Gasteiger partial charge is 0.349 e. The number of para-hydroxylation sites is 1. The van der Waals surface area contributed by atoms with Crippen molar-refractivity contribution in [2.45, 2.75) is 32.8 Å². The number of nitrogens with zero attached hydrogens (tertiary/aromatic N) is 1. The fraction of sp³-hybridized carbons (Fsp3) is 0.227. The highest BCUT2D eigenvalue weighted by molar-refractivity contribution is 6.33. The fourth-order valence-corrected chi connectivity index (χ4v) is 2.54.